The van der Waals surface area contributed by atoms with Crippen LogP contribution in [-0.2, 0) is 4.74 Å². The Balaban J connectivity index is 0. The molecular formula is C7H19NO3. The maximum atomic E-state index is 7.57. The quantitative estimate of drug-likeness (QED) is 0.507. The van der Waals surface area contributed by atoms with Gasteiger partial charge in [0.25, 0.3) is 0 Å². The number of nitrogens with zero attached hydrogens (tertiary/aromatic N) is 1. The molecule has 1 aliphatic heterocycles. The van der Waals surface area contributed by atoms with Gasteiger partial charge in [-0.1, -0.05) is 0 Å². The van der Waals surface area contributed by atoms with E-state index in [0.717, 1.165) is 26.3 Å². The van der Waals surface area contributed by atoms with Gasteiger partial charge in [0.05, 0.1) is 13.2 Å². The van der Waals surface area contributed by atoms with Crippen LogP contribution in [0.4, 0.5) is 0 Å². The van der Waals surface area contributed by atoms with Crippen LogP contribution in [0.1, 0.15) is 6.92 Å². The molecule has 0 aromatic heterocycles. The third-order valence-corrected chi connectivity index (χ3v) is 1.23. The van der Waals surface area contributed by atoms with Crippen molar-refractivity contribution in [1.29, 1.82) is 0 Å². The molecule has 1 rings (SSSR count). The van der Waals surface area contributed by atoms with Crippen molar-refractivity contribution in [2.45, 2.75) is 6.92 Å². The van der Waals surface area contributed by atoms with Gasteiger partial charge in [-0.05, 0) is 14.0 Å². The Morgan fingerprint density at radius 1 is 1.36 bits per heavy atom. The molecule has 1 aliphatic rings. The highest BCUT2D eigenvalue weighted by atomic mass is 16.5. The fraction of sp³-hybridized carbons (Fsp3) is 1.00. The number of aliphatic hydroxyl groups is 1. The van der Waals surface area contributed by atoms with E-state index in [0.29, 0.717) is 0 Å². The number of hydrogen-bond acceptors (Lipinski definition) is 3. The lowest BCUT2D eigenvalue weighted by atomic mass is 10.5. The van der Waals surface area contributed by atoms with Gasteiger partial charge < -0.3 is 20.2 Å². The molecule has 0 aromatic rings. The van der Waals surface area contributed by atoms with E-state index in [4.69, 9.17) is 9.84 Å². The summed E-state index contributed by atoms with van der Waals surface area (Å²) in [5.41, 5.74) is 0. The van der Waals surface area contributed by atoms with Crippen LogP contribution in [0.3, 0.4) is 0 Å². The molecule has 0 aromatic carbocycles. The highest BCUT2D eigenvalue weighted by molar-refractivity contribution is 4.53. The van der Waals surface area contributed by atoms with Gasteiger partial charge in [0.1, 0.15) is 0 Å². The maximum Gasteiger partial charge on any atom is 0.0594 e. The SMILES string of the molecule is CCO.CN1CCOCC1.O. The lowest BCUT2D eigenvalue weighted by Gasteiger charge is -2.21. The number of morpholine rings is 1. The average Bonchev–Trinajstić information content (AvgIpc) is 1.91. The molecule has 0 saturated carbocycles. The highest BCUT2D eigenvalue weighted by Crippen LogP contribution is 1.89. The van der Waals surface area contributed by atoms with Crippen molar-refractivity contribution in [3.05, 3.63) is 0 Å². The van der Waals surface area contributed by atoms with E-state index in [1.54, 1.807) is 6.92 Å². The molecular weight excluding hydrogens is 146 g/mol. The van der Waals surface area contributed by atoms with Gasteiger partial charge in [-0.15, -0.1) is 0 Å². The lowest BCUT2D eigenvalue weighted by molar-refractivity contribution is 0.0503. The zero-order valence-corrected chi connectivity index (χ0v) is 7.34. The number of hydrogen-bond donors (Lipinski definition) is 1. The molecule has 1 heterocycles. The van der Waals surface area contributed by atoms with Crippen LogP contribution >= 0.6 is 0 Å². The third kappa shape index (κ3) is 9.84. The molecule has 0 radical (unpaired) electrons. The standard InChI is InChI=1S/C5H11NO.C2H6O.H2O/c1-6-2-4-7-5-3-6;1-2-3;/h2-5H2,1H3;3H,2H2,1H3;1H2. The summed E-state index contributed by atoms with van der Waals surface area (Å²) in [5.74, 6) is 0. The van der Waals surface area contributed by atoms with Gasteiger partial charge in [-0.25, -0.2) is 0 Å². The fourth-order valence-electron chi connectivity index (χ4n) is 0.655. The monoisotopic (exact) mass is 165 g/mol. The minimum Gasteiger partial charge on any atom is -0.412 e. The topological polar surface area (TPSA) is 64.2 Å². The van der Waals surface area contributed by atoms with Crippen LogP contribution in [0.15, 0.2) is 0 Å². The van der Waals surface area contributed by atoms with Crippen LogP contribution in [-0.4, -0.2) is 55.4 Å². The van der Waals surface area contributed by atoms with E-state index in [-0.39, 0.29) is 12.1 Å². The van der Waals surface area contributed by atoms with Crippen molar-refractivity contribution in [3.8, 4) is 0 Å². The molecule has 4 heteroatoms. The molecule has 11 heavy (non-hydrogen) atoms. The molecule has 0 aliphatic carbocycles. The Kier molecular flexibility index (Phi) is 12.0. The minimum absolute atomic E-state index is 0. The van der Waals surface area contributed by atoms with E-state index >= 15 is 0 Å². The Morgan fingerprint density at radius 2 is 1.73 bits per heavy atom. The largest absolute Gasteiger partial charge is 0.412 e. The second-order valence-electron chi connectivity index (χ2n) is 2.23. The van der Waals surface area contributed by atoms with E-state index in [9.17, 15) is 0 Å². The highest BCUT2D eigenvalue weighted by Gasteiger charge is 2.02. The molecule has 3 N–H and O–H groups in total. The summed E-state index contributed by atoms with van der Waals surface area (Å²) < 4.78 is 5.10. The van der Waals surface area contributed by atoms with E-state index in [2.05, 4.69) is 11.9 Å². The first kappa shape index (κ1) is 13.4. The summed E-state index contributed by atoms with van der Waals surface area (Å²) in [5, 5.41) is 7.57. The second kappa shape index (κ2) is 9.84. The van der Waals surface area contributed by atoms with E-state index < -0.39 is 0 Å². The van der Waals surface area contributed by atoms with Crippen LogP contribution in [0.5, 0.6) is 0 Å². The smallest absolute Gasteiger partial charge is 0.0594 e. The van der Waals surface area contributed by atoms with Crippen molar-refractivity contribution >= 4 is 0 Å². The molecule has 0 bridgehead atoms. The second-order valence-corrected chi connectivity index (χ2v) is 2.23. The Hall–Kier alpha value is -0.160. The van der Waals surface area contributed by atoms with Gasteiger partial charge in [-0.3, -0.25) is 0 Å². The molecule has 1 fully saturated rings. The molecule has 70 valence electrons. The normalized spacial score (nSPS) is 17.7. The lowest BCUT2D eigenvalue weighted by Crippen LogP contribution is -2.32. The molecule has 0 atom stereocenters. The first-order valence-corrected chi connectivity index (χ1v) is 3.68. The molecule has 4 nitrogen and oxygen atoms in total. The fourth-order valence-corrected chi connectivity index (χ4v) is 0.655. The van der Waals surface area contributed by atoms with E-state index in [1.807, 2.05) is 0 Å². The first-order valence-electron chi connectivity index (χ1n) is 3.68. The predicted molar refractivity (Wildman–Crippen MR) is 44.7 cm³/mol. The van der Waals surface area contributed by atoms with Gasteiger partial charge in [-0.2, -0.15) is 0 Å². The molecule has 1 saturated heterocycles. The van der Waals surface area contributed by atoms with E-state index in [1.165, 1.54) is 0 Å². The number of ether oxygens (including phenoxy) is 1. The molecule has 0 amide bonds. The van der Waals surface area contributed by atoms with Gasteiger partial charge in [0, 0.05) is 19.7 Å². The zero-order chi connectivity index (χ0) is 7.82. The van der Waals surface area contributed by atoms with Crippen molar-refractivity contribution in [3.63, 3.8) is 0 Å². The summed E-state index contributed by atoms with van der Waals surface area (Å²) in [6.07, 6.45) is 0. The molecule has 0 spiro atoms. The Morgan fingerprint density at radius 3 is 1.91 bits per heavy atom. The van der Waals surface area contributed by atoms with Crippen molar-refractivity contribution in [2.24, 2.45) is 0 Å². The van der Waals surface area contributed by atoms with Crippen molar-refractivity contribution in [1.82, 2.24) is 4.90 Å². The van der Waals surface area contributed by atoms with Gasteiger partial charge in [0.2, 0.25) is 0 Å². The summed E-state index contributed by atoms with van der Waals surface area (Å²) in [6, 6.07) is 0. The maximum absolute atomic E-state index is 7.57. The van der Waals surface area contributed by atoms with Crippen molar-refractivity contribution < 1.29 is 15.3 Å². The minimum atomic E-state index is 0. The number of likely N-dealkylation sites (N-methyl/N-ethyl adjacent to an activating group) is 1. The van der Waals surface area contributed by atoms with Crippen LogP contribution < -0.4 is 0 Å². The average molecular weight is 165 g/mol. The predicted octanol–water partition coefficient (Wildman–Crippen LogP) is -0.878. The first-order chi connectivity index (χ1) is 4.81. The van der Waals surface area contributed by atoms with Crippen LogP contribution in [0, 0.1) is 0 Å². The van der Waals surface area contributed by atoms with Gasteiger partial charge >= 0.3 is 0 Å². The van der Waals surface area contributed by atoms with Crippen LogP contribution in [0.2, 0.25) is 0 Å². The van der Waals surface area contributed by atoms with Crippen molar-refractivity contribution in [2.75, 3.05) is 40.0 Å². The summed E-state index contributed by atoms with van der Waals surface area (Å²) >= 11 is 0. The van der Waals surface area contributed by atoms with Crippen LogP contribution in [0.25, 0.3) is 0 Å². The summed E-state index contributed by atoms with van der Waals surface area (Å²) in [4.78, 5) is 2.27. The zero-order valence-electron chi connectivity index (χ0n) is 7.34. The molecule has 0 unspecified atom stereocenters. The third-order valence-electron chi connectivity index (χ3n) is 1.23. The Bertz CT molecular complexity index is 64.7. The van der Waals surface area contributed by atoms with Gasteiger partial charge in [0.15, 0.2) is 0 Å². The summed E-state index contributed by atoms with van der Waals surface area (Å²) in [6.45, 7) is 5.95. The number of aliphatic hydroxyl groups excluding tert-OH is 1. The Labute approximate surface area is 68.1 Å². The number of rotatable bonds is 0. The summed E-state index contributed by atoms with van der Waals surface area (Å²) in [7, 11) is 2.11.